The summed E-state index contributed by atoms with van der Waals surface area (Å²) in [4.78, 5) is 27.7. The molecule has 8 nitrogen and oxygen atoms in total. The van der Waals surface area contributed by atoms with Crippen LogP contribution in [0.2, 0.25) is 0 Å². The summed E-state index contributed by atoms with van der Waals surface area (Å²) >= 11 is 0. The highest BCUT2D eigenvalue weighted by Crippen LogP contribution is 2.24. The van der Waals surface area contributed by atoms with Crippen LogP contribution in [0.15, 0.2) is 48.5 Å². The first kappa shape index (κ1) is 26.5. The van der Waals surface area contributed by atoms with Gasteiger partial charge in [0.15, 0.2) is 0 Å². The number of amides is 2. The van der Waals surface area contributed by atoms with Gasteiger partial charge in [0, 0.05) is 24.2 Å². The molecule has 0 radical (unpaired) electrons. The molecule has 10 heteroatoms. The number of rotatable bonds is 10. The number of carbonyl (C=O) groups is 2. The fraction of sp³-hybridized carbons (Fsp3) is 0.440. The molecule has 190 valence electrons. The molecule has 0 unspecified atom stereocenters. The summed E-state index contributed by atoms with van der Waals surface area (Å²) in [6, 6.07) is 11.4. The number of carbonyl (C=O) groups excluding carboxylic acids is 2. The van der Waals surface area contributed by atoms with Crippen LogP contribution in [-0.2, 0) is 26.2 Å². The molecule has 0 bridgehead atoms. The van der Waals surface area contributed by atoms with Crippen LogP contribution in [0, 0.1) is 5.82 Å². The van der Waals surface area contributed by atoms with E-state index in [9.17, 15) is 22.4 Å². The highest BCUT2D eigenvalue weighted by molar-refractivity contribution is 7.92. The third kappa shape index (κ3) is 6.94. The van der Waals surface area contributed by atoms with E-state index >= 15 is 0 Å². The smallest absolute Gasteiger partial charge is 0.244 e. The van der Waals surface area contributed by atoms with Crippen LogP contribution in [0.5, 0.6) is 5.75 Å². The van der Waals surface area contributed by atoms with Crippen molar-refractivity contribution < 1.29 is 27.1 Å². The van der Waals surface area contributed by atoms with Crippen LogP contribution in [0.1, 0.15) is 38.2 Å². The monoisotopic (exact) mass is 505 g/mol. The molecule has 35 heavy (non-hydrogen) atoms. The molecular formula is C25H32FN3O5S. The largest absolute Gasteiger partial charge is 0.497 e. The zero-order chi connectivity index (χ0) is 25.6. The number of methoxy groups -OCH3 is 1. The van der Waals surface area contributed by atoms with Gasteiger partial charge in [0.2, 0.25) is 21.8 Å². The molecule has 3 rings (SSSR count). The first-order valence-corrected chi connectivity index (χ1v) is 13.4. The van der Waals surface area contributed by atoms with E-state index in [1.54, 1.807) is 31.2 Å². The van der Waals surface area contributed by atoms with Crippen LogP contribution < -0.4 is 14.4 Å². The number of hydrogen-bond donors (Lipinski definition) is 1. The second-order valence-electron chi connectivity index (χ2n) is 8.75. The lowest BCUT2D eigenvalue weighted by Gasteiger charge is -2.32. The van der Waals surface area contributed by atoms with E-state index in [-0.39, 0.29) is 29.7 Å². The molecule has 2 aromatic rings. The number of nitrogens with zero attached hydrogens (tertiary/aromatic N) is 2. The van der Waals surface area contributed by atoms with Gasteiger partial charge in [0.1, 0.15) is 24.2 Å². The van der Waals surface area contributed by atoms with Crippen molar-refractivity contribution in [3.63, 3.8) is 0 Å². The maximum Gasteiger partial charge on any atom is 0.244 e. The van der Waals surface area contributed by atoms with Crippen molar-refractivity contribution >= 4 is 27.5 Å². The lowest BCUT2D eigenvalue weighted by molar-refractivity contribution is -0.139. The number of halogens is 1. The predicted molar refractivity (Wildman–Crippen MR) is 132 cm³/mol. The molecule has 1 aliphatic carbocycles. The molecule has 1 saturated carbocycles. The van der Waals surface area contributed by atoms with Gasteiger partial charge in [-0.25, -0.2) is 12.8 Å². The fourth-order valence-corrected chi connectivity index (χ4v) is 5.01. The zero-order valence-corrected chi connectivity index (χ0v) is 21.1. The number of sulfonamides is 1. The minimum absolute atomic E-state index is 0.0414. The second-order valence-corrected chi connectivity index (χ2v) is 10.7. The van der Waals surface area contributed by atoms with Gasteiger partial charge >= 0.3 is 0 Å². The molecule has 0 heterocycles. The zero-order valence-electron chi connectivity index (χ0n) is 20.2. The van der Waals surface area contributed by atoms with E-state index in [1.165, 1.54) is 36.3 Å². The summed E-state index contributed by atoms with van der Waals surface area (Å²) in [5.41, 5.74) is 0.475. The topological polar surface area (TPSA) is 96.0 Å². The van der Waals surface area contributed by atoms with E-state index in [4.69, 9.17) is 4.74 Å². The Morgan fingerprint density at radius 3 is 2.46 bits per heavy atom. The Hall–Kier alpha value is -3.14. The summed E-state index contributed by atoms with van der Waals surface area (Å²) in [6.07, 6.45) is 4.80. The Balaban J connectivity index is 1.90. The number of ether oxygens (including phenoxy) is 1. The molecule has 0 aliphatic heterocycles. The van der Waals surface area contributed by atoms with Gasteiger partial charge in [-0.05, 0) is 38.0 Å². The summed E-state index contributed by atoms with van der Waals surface area (Å²) in [5, 5.41) is 2.97. The van der Waals surface area contributed by atoms with Crippen LogP contribution >= 0.6 is 0 Å². The van der Waals surface area contributed by atoms with Gasteiger partial charge in [-0.3, -0.25) is 13.9 Å². The highest BCUT2D eigenvalue weighted by Gasteiger charge is 2.31. The second kappa shape index (κ2) is 11.5. The molecule has 0 saturated heterocycles. The Morgan fingerprint density at radius 2 is 1.83 bits per heavy atom. The quantitative estimate of drug-likeness (QED) is 0.535. The van der Waals surface area contributed by atoms with Crippen LogP contribution in [0.3, 0.4) is 0 Å². The van der Waals surface area contributed by atoms with Crippen LogP contribution in [0.4, 0.5) is 10.1 Å². The van der Waals surface area contributed by atoms with E-state index < -0.39 is 34.3 Å². The number of anilines is 1. The lowest BCUT2D eigenvalue weighted by Crippen LogP contribution is -2.52. The molecular weight excluding hydrogens is 473 g/mol. The minimum Gasteiger partial charge on any atom is -0.497 e. The molecule has 2 amide bonds. The Bertz CT molecular complexity index is 1150. The molecule has 1 atom stereocenters. The Kier molecular flexibility index (Phi) is 8.71. The van der Waals surface area contributed by atoms with Crippen LogP contribution in [-0.4, -0.2) is 57.1 Å². The average Bonchev–Trinajstić information content (AvgIpc) is 3.33. The van der Waals surface area contributed by atoms with Crippen molar-refractivity contribution in [2.24, 2.45) is 0 Å². The third-order valence-electron chi connectivity index (χ3n) is 6.19. The van der Waals surface area contributed by atoms with E-state index in [0.717, 1.165) is 36.2 Å². The minimum atomic E-state index is -3.86. The van der Waals surface area contributed by atoms with Gasteiger partial charge in [-0.1, -0.05) is 37.1 Å². The van der Waals surface area contributed by atoms with Crippen molar-refractivity contribution in [2.45, 2.75) is 51.2 Å². The normalized spacial score (nSPS) is 14.9. The van der Waals surface area contributed by atoms with Gasteiger partial charge in [0.05, 0.1) is 19.1 Å². The third-order valence-corrected chi connectivity index (χ3v) is 7.33. The average molecular weight is 506 g/mol. The van der Waals surface area contributed by atoms with Crippen molar-refractivity contribution in [2.75, 3.05) is 24.2 Å². The van der Waals surface area contributed by atoms with Gasteiger partial charge in [0.25, 0.3) is 0 Å². The molecule has 1 aliphatic rings. The highest BCUT2D eigenvalue weighted by atomic mass is 32.2. The molecule has 2 aromatic carbocycles. The van der Waals surface area contributed by atoms with E-state index in [0.29, 0.717) is 5.75 Å². The van der Waals surface area contributed by atoms with Crippen molar-refractivity contribution in [3.8, 4) is 5.75 Å². The summed E-state index contributed by atoms with van der Waals surface area (Å²) in [7, 11) is -2.41. The van der Waals surface area contributed by atoms with Crippen molar-refractivity contribution in [3.05, 3.63) is 59.9 Å². The molecule has 0 aromatic heterocycles. The Labute approximate surface area is 206 Å². The summed E-state index contributed by atoms with van der Waals surface area (Å²) in [5.74, 6) is -1.07. The predicted octanol–water partition coefficient (Wildman–Crippen LogP) is 3.08. The van der Waals surface area contributed by atoms with Crippen molar-refractivity contribution in [1.29, 1.82) is 0 Å². The standard InChI is InChI=1S/C25H32FN3O5S/c1-18(25(31)27-20-10-5-6-11-20)28(16-19-9-4-7-14-23(19)26)24(30)17-29(35(3,32)33)21-12-8-13-22(15-21)34-2/h4,7-9,12-15,18,20H,5-6,10-11,16-17H2,1-3H3,(H,27,31)/t18-/m0/s1. The van der Waals surface area contributed by atoms with E-state index in [2.05, 4.69) is 5.32 Å². The maximum atomic E-state index is 14.4. The van der Waals surface area contributed by atoms with Crippen LogP contribution in [0.25, 0.3) is 0 Å². The molecule has 1 fully saturated rings. The summed E-state index contributed by atoms with van der Waals surface area (Å²) < 4.78 is 45.8. The van der Waals surface area contributed by atoms with E-state index in [1.807, 2.05) is 0 Å². The summed E-state index contributed by atoms with van der Waals surface area (Å²) in [6.45, 7) is 0.835. The van der Waals surface area contributed by atoms with Gasteiger partial charge < -0.3 is 15.0 Å². The maximum absolute atomic E-state index is 14.4. The molecule has 1 N–H and O–H groups in total. The Morgan fingerprint density at radius 1 is 1.14 bits per heavy atom. The lowest BCUT2D eigenvalue weighted by atomic mass is 10.1. The van der Waals surface area contributed by atoms with Gasteiger partial charge in [-0.2, -0.15) is 0 Å². The van der Waals surface area contributed by atoms with Gasteiger partial charge in [-0.15, -0.1) is 0 Å². The number of hydrogen-bond acceptors (Lipinski definition) is 5. The SMILES string of the molecule is COc1cccc(N(CC(=O)N(Cc2ccccc2F)[C@@H](C)C(=O)NC2CCCC2)S(C)(=O)=O)c1. The fourth-order valence-electron chi connectivity index (χ4n) is 4.16. The first-order chi connectivity index (χ1) is 16.6. The van der Waals surface area contributed by atoms with Crippen molar-refractivity contribution in [1.82, 2.24) is 10.2 Å². The number of benzene rings is 2. The first-order valence-electron chi connectivity index (χ1n) is 11.5. The number of nitrogens with one attached hydrogen (secondary N) is 1. The molecule has 0 spiro atoms.